The highest BCUT2D eigenvalue weighted by Gasteiger charge is 2.08. The summed E-state index contributed by atoms with van der Waals surface area (Å²) in [5, 5.41) is 11.0. The minimum Gasteiger partial charge on any atom is -0.478 e. The van der Waals surface area contributed by atoms with Crippen LogP contribution in [0.4, 0.5) is 10.2 Å². The van der Waals surface area contributed by atoms with Gasteiger partial charge >= 0.3 is 5.97 Å². The molecule has 0 bridgehead atoms. The fourth-order valence-corrected chi connectivity index (χ4v) is 1.50. The van der Waals surface area contributed by atoms with Crippen LogP contribution >= 0.6 is 0 Å². The lowest BCUT2D eigenvalue weighted by Crippen LogP contribution is -2.13. The molecular weight excluding hydrogens is 277 g/mol. The second-order valence-corrected chi connectivity index (χ2v) is 3.97. The zero-order valence-electron chi connectivity index (χ0n) is 10.7. The molecule has 1 amide bonds. The number of aromatic nitrogens is 2. The average molecular weight is 287 g/mol. The number of pyridine rings is 2. The number of carbonyl (C=O) groups is 2. The molecule has 0 spiro atoms. The third-order valence-corrected chi connectivity index (χ3v) is 2.38. The van der Waals surface area contributed by atoms with Gasteiger partial charge in [-0.3, -0.25) is 9.78 Å². The maximum Gasteiger partial charge on any atom is 0.328 e. The average Bonchev–Trinajstić information content (AvgIpc) is 2.45. The number of hydrogen-bond donors (Lipinski definition) is 2. The predicted octanol–water partition coefficient (Wildman–Crippen LogP) is 1.97. The number of nitrogens with zero attached hydrogens (tertiary/aromatic N) is 2. The topological polar surface area (TPSA) is 92.2 Å². The van der Waals surface area contributed by atoms with Crippen LogP contribution in [-0.4, -0.2) is 27.0 Å². The molecule has 0 aliphatic heterocycles. The van der Waals surface area contributed by atoms with Gasteiger partial charge in [0.2, 0.25) is 0 Å². The van der Waals surface area contributed by atoms with Gasteiger partial charge in [0.05, 0.1) is 17.5 Å². The van der Waals surface area contributed by atoms with Gasteiger partial charge in [-0.2, -0.15) is 0 Å². The van der Waals surface area contributed by atoms with E-state index in [9.17, 15) is 14.0 Å². The summed E-state index contributed by atoms with van der Waals surface area (Å²) < 4.78 is 13.0. The van der Waals surface area contributed by atoms with Crippen molar-refractivity contribution in [1.29, 1.82) is 0 Å². The first-order valence-electron chi connectivity index (χ1n) is 5.84. The van der Waals surface area contributed by atoms with Crippen LogP contribution in [0.2, 0.25) is 0 Å². The van der Waals surface area contributed by atoms with Crippen LogP contribution in [0.1, 0.15) is 16.1 Å². The molecule has 0 aromatic carbocycles. The van der Waals surface area contributed by atoms with Crippen LogP contribution in [0.15, 0.2) is 42.7 Å². The molecule has 0 aliphatic carbocycles. The summed E-state index contributed by atoms with van der Waals surface area (Å²) in [7, 11) is 0. The SMILES string of the molecule is O=C(O)/C=C/c1cccc(NC(=O)c2cncc(F)c2)n1. The maximum atomic E-state index is 13.0. The lowest BCUT2D eigenvalue weighted by molar-refractivity contribution is -0.131. The van der Waals surface area contributed by atoms with Crippen LogP contribution in [0.25, 0.3) is 6.08 Å². The number of nitrogens with one attached hydrogen (secondary N) is 1. The Morgan fingerprint density at radius 3 is 2.81 bits per heavy atom. The minimum absolute atomic E-state index is 0.0586. The lowest BCUT2D eigenvalue weighted by atomic mass is 10.2. The Hall–Kier alpha value is -3.09. The van der Waals surface area contributed by atoms with Crippen molar-refractivity contribution < 1.29 is 19.1 Å². The quantitative estimate of drug-likeness (QED) is 0.839. The number of carbonyl (C=O) groups excluding carboxylic acids is 1. The number of rotatable bonds is 4. The molecule has 0 aliphatic rings. The highest BCUT2D eigenvalue weighted by atomic mass is 19.1. The van der Waals surface area contributed by atoms with E-state index in [0.29, 0.717) is 5.69 Å². The van der Waals surface area contributed by atoms with Gasteiger partial charge in [0.25, 0.3) is 5.91 Å². The molecule has 2 heterocycles. The smallest absolute Gasteiger partial charge is 0.328 e. The van der Waals surface area contributed by atoms with Crippen molar-refractivity contribution in [3.05, 3.63) is 59.8 Å². The number of carboxylic acids is 1. The molecule has 2 aromatic rings. The van der Waals surface area contributed by atoms with E-state index in [1.807, 2.05) is 0 Å². The molecule has 0 saturated heterocycles. The Morgan fingerprint density at radius 1 is 1.29 bits per heavy atom. The summed E-state index contributed by atoms with van der Waals surface area (Å²) >= 11 is 0. The molecular formula is C14H10FN3O3. The molecule has 0 radical (unpaired) electrons. The summed E-state index contributed by atoms with van der Waals surface area (Å²) in [6.45, 7) is 0. The van der Waals surface area contributed by atoms with E-state index in [1.165, 1.54) is 18.3 Å². The first kappa shape index (κ1) is 14.3. The van der Waals surface area contributed by atoms with Crippen LogP contribution in [-0.2, 0) is 4.79 Å². The summed E-state index contributed by atoms with van der Waals surface area (Å²) in [6, 6.07) is 5.77. The first-order valence-corrected chi connectivity index (χ1v) is 5.84. The van der Waals surface area contributed by atoms with Crippen molar-refractivity contribution in [2.24, 2.45) is 0 Å². The van der Waals surface area contributed by atoms with Crippen molar-refractivity contribution in [2.75, 3.05) is 5.32 Å². The van der Waals surface area contributed by atoms with Gasteiger partial charge in [0, 0.05) is 12.3 Å². The second kappa shape index (κ2) is 6.38. The number of aliphatic carboxylic acids is 1. The largest absolute Gasteiger partial charge is 0.478 e. The molecule has 0 fully saturated rings. The highest BCUT2D eigenvalue weighted by molar-refractivity contribution is 6.03. The van der Waals surface area contributed by atoms with Crippen molar-refractivity contribution in [3.8, 4) is 0 Å². The summed E-state index contributed by atoms with van der Waals surface area (Å²) in [5.41, 5.74) is 0.427. The van der Waals surface area contributed by atoms with Gasteiger partial charge < -0.3 is 10.4 Å². The number of halogens is 1. The zero-order chi connectivity index (χ0) is 15.2. The summed E-state index contributed by atoms with van der Waals surface area (Å²) in [6.07, 6.45) is 4.45. The van der Waals surface area contributed by atoms with E-state index in [-0.39, 0.29) is 11.4 Å². The number of carboxylic acid groups (broad SMARTS) is 1. The lowest BCUT2D eigenvalue weighted by Gasteiger charge is -2.04. The van der Waals surface area contributed by atoms with E-state index in [2.05, 4.69) is 15.3 Å². The van der Waals surface area contributed by atoms with Crippen molar-refractivity contribution in [2.45, 2.75) is 0 Å². The monoisotopic (exact) mass is 287 g/mol. The molecule has 0 atom stereocenters. The zero-order valence-corrected chi connectivity index (χ0v) is 10.7. The Bertz CT molecular complexity index is 716. The predicted molar refractivity (Wildman–Crippen MR) is 73.1 cm³/mol. The van der Waals surface area contributed by atoms with E-state index < -0.39 is 17.7 Å². The Kier molecular flexibility index (Phi) is 4.35. The van der Waals surface area contributed by atoms with E-state index in [0.717, 1.165) is 18.3 Å². The van der Waals surface area contributed by atoms with Crippen molar-refractivity contribution >= 4 is 23.8 Å². The molecule has 106 valence electrons. The molecule has 0 unspecified atom stereocenters. The third-order valence-electron chi connectivity index (χ3n) is 2.38. The van der Waals surface area contributed by atoms with Gasteiger partial charge in [-0.25, -0.2) is 14.2 Å². The fraction of sp³-hybridized carbons (Fsp3) is 0. The molecule has 21 heavy (non-hydrogen) atoms. The highest BCUT2D eigenvalue weighted by Crippen LogP contribution is 2.09. The van der Waals surface area contributed by atoms with E-state index in [1.54, 1.807) is 12.1 Å². The van der Waals surface area contributed by atoms with E-state index in [4.69, 9.17) is 5.11 Å². The number of anilines is 1. The Balaban J connectivity index is 2.14. The van der Waals surface area contributed by atoms with Gasteiger partial charge in [-0.05, 0) is 24.3 Å². The maximum absolute atomic E-state index is 13.0. The standard InChI is InChI=1S/C14H10FN3O3/c15-10-6-9(7-16-8-10)14(21)18-12-3-1-2-11(17-12)4-5-13(19)20/h1-8H,(H,19,20)(H,17,18,21)/b5-4+. The number of amides is 1. The third kappa shape index (κ3) is 4.20. The molecule has 2 rings (SSSR count). The molecule has 7 heteroatoms. The molecule has 2 N–H and O–H groups in total. The van der Waals surface area contributed by atoms with Crippen LogP contribution < -0.4 is 5.32 Å². The van der Waals surface area contributed by atoms with E-state index >= 15 is 0 Å². The molecule has 2 aromatic heterocycles. The van der Waals surface area contributed by atoms with Crippen molar-refractivity contribution in [3.63, 3.8) is 0 Å². The Morgan fingerprint density at radius 2 is 2.10 bits per heavy atom. The van der Waals surface area contributed by atoms with Crippen molar-refractivity contribution in [1.82, 2.24) is 9.97 Å². The second-order valence-electron chi connectivity index (χ2n) is 3.97. The molecule has 6 nitrogen and oxygen atoms in total. The normalized spacial score (nSPS) is 10.5. The summed E-state index contributed by atoms with van der Waals surface area (Å²) in [4.78, 5) is 29.9. The van der Waals surface area contributed by atoms with Crippen LogP contribution in [0.3, 0.4) is 0 Å². The van der Waals surface area contributed by atoms with Gasteiger partial charge in [-0.15, -0.1) is 0 Å². The fourth-order valence-electron chi connectivity index (χ4n) is 1.50. The first-order chi connectivity index (χ1) is 10.0. The Labute approximate surface area is 119 Å². The number of hydrogen-bond acceptors (Lipinski definition) is 4. The molecule has 0 saturated carbocycles. The van der Waals surface area contributed by atoms with Gasteiger partial charge in [0.15, 0.2) is 0 Å². The van der Waals surface area contributed by atoms with Gasteiger partial charge in [-0.1, -0.05) is 6.07 Å². The van der Waals surface area contributed by atoms with Gasteiger partial charge in [0.1, 0.15) is 11.6 Å². The summed E-state index contributed by atoms with van der Waals surface area (Å²) in [5.74, 6) is -2.06. The van der Waals surface area contributed by atoms with Crippen LogP contribution in [0.5, 0.6) is 0 Å². The van der Waals surface area contributed by atoms with Crippen LogP contribution in [0, 0.1) is 5.82 Å². The minimum atomic E-state index is -1.10.